The lowest BCUT2D eigenvalue weighted by molar-refractivity contribution is 1.62. The smallest absolute Gasteiger partial charge is 0.00990 e. The largest absolute Gasteiger partial charge is 0.0616 e. The quantitative estimate of drug-likeness (QED) is 0.318. The summed E-state index contributed by atoms with van der Waals surface area (Å²) in [7, 11) is 0. The lowest BCUT2D eigenvalue weighted by atomic mass is 9.89. The van der Waals surface area contributed by atoms with Crippen molar-refractivity contribution in [2.24, 2.45) is 0 Å². The van der Waals surface area contributed by atoms with E-state index in [0.29, 0.717) is 0 Å². The summed E-state index contributed by atoms with van der Waals surface area (Å²) >= 11 is 0. The van der Waals surface area contributed by atoms with Crippen LogP contribution in [-0.4, -0.2) is 0 Å². The molecule has 0 saturated carbocycles. The first-order chi connectivity index (χ1) is 12.9. The van der Waals surface area contributed by atoms with Gasteiger partial charge in [-0.05, 0) is 43.8 Å². The molecule has 0 amide bonds. The van der Waals surface area contributed by atoms with Gasteiger partial charge >= 0.3 is 0 Å². The van der Waals surface area contributed by atoms with E-state index in [9.17, 15) is 0 Å². The molecule has 0 bridgehead atoms. The van der Waals surface area contributed by atoms with Gasteiger partial charge in [-0.2, -0.15) is 0 Å². The molecule has 0 heteroatoms. The third-order valence-corrected chi connectivity index (χ3v) is 5.09. The van der Waals surface area contributed by atoms with Crippen LogP contribution in [0.5, 0.6) is 0 Å². The van der Waals surface area contributed by atoms with Crippen LogP contribution < -0.4 is 0 Å². The van der Waals surface area contributed by atoms with E-state index in [1.54, 1.807) is 0 Å². The molecule has 5 aromatic rings. The molecule has 0 unspecified atom stereocenters. The van der Waals surface area contributed by atoms with Crippen LogP contribution in [-0.2, 0) is 0 Å². The average Bonchev–Trinajstić information content (AvgIpc) is 2.73. The van der Waals surface area contributed by atoms with Gasteiger partial charge in [-0.15, -0.1) is 0 Å². The minimum atomic E-state index is 1.28. The van der Waals surface area contributed by atoms with Gasteiger partial charge in [0.25, 0.3) is 0 Å². The van der Waals surface area contributed by atoms with Crippen LogP contribution in [0.2, 0.25) is 0 Å². The second kappa shape index (κ2) is 6.16. The topological polar surface area (TPSA) is 0 Å². The van der Waals surface area contributed by atoms with E-state index in [-0.39, 0.29) is 0 Å². The maximum absolute atomic E-state index is 2.24. The fourth-order valence-electron chi connectivity index (χ4n) is 3.87. The summed E-state index contributed by atoms with van der Waals surface area (Å²) in [4.78, 5) is 0. The van der Waals surface area contributed by atoms with Gasteiger partial charge in [0.15, 0.2) is 0 Å². The van der Waals surface area contributed by atoms with Crippen molar-refractivity contribution >= 4 is 21.5 Å². The zero-order valence-corrected chi connectivity index (χ0v) is 14.4. The average molecular weight is 330 g/mol. The molecule has 0 saturated heterocycles. The Hall–Kier alpha value is -3.38. The van der Waals surface area contributed by atoms with Crippen molar-refractivity contribution in [2.75, 3.05) is 0 Å². The van der Waals surface area contributed by atoms with E-state index in [4.69, 9.17) is 0 Å². The molecular weight excluding hydrogens is 312 g/mol. The number of hydrogen-bond donors (Lipinski definition) is 0. The van der Waals surface area contributed by atoms with E-state index < -0.39 is 0 Å². The summed E-state index contributed by atoms with van der Waals surface area (Å²) in [5, 5.41) is 5.14. The summed E-state index contributed by atoms with van der Waals surface area (Å²) in [6.07, 6.45) is 0. The SMILES string of the molecule is c1ccc(-c2cccc3ccccc23)c(-c2cccc3ccccc23)c1. The lowest BCUT2D eigenvalue weighted by Gasteiger charge is -2.14. The summed E-state index contributed by atoms with van der Waals surface area (Å²) < 4.78 is 0. The fourth-order valence-corrected chi connectivity index (χ4v) is 3.87. The Bertz CT molecular complexity index is 1120. The van der Waals surface area contributed by atoms with Crippen molar-refractivity contribution in [1.82, 2.24) is 0 Å². The second-order valence-corrected chi connectivity index (χ2v) is 6.60. The minimum absolute atomic E-state index is 1.28. The molecule has 0 atom stereocenters. The highest BCUT2D eigenvalue weighted by Gasteiger charge is 2.11. The molecule has 0 N–H and O–H groups in total. The number of hydrogen-bond acceptors (Lipinski definition) is 0. The van der Waals surface area contributed by atoms with Gasteiger partial charge in [0.1, 0.15) is 0 Å². The molecule has 0 spiro atoms. The van der Waals surface area contributed by atoms with Crippen LogP contribution in [0.4, 0.5) is 0 Å². The Labute approximate surface area is 153 Å². The fraction of sp³-hybridized carbons (Fsp3) is 0. The van der Waals surface area contributed by atoms with Crippen molar-refractivity contribution in [3.63, 3.8) is 0 Å². The molecule has 5 aromatic carbocycles. The zero-order chi connectivity index (χ0) is 17.3. The van der Waals surface area contributed by atoms with Crippen molar-refractivity contribution in [3.05, 3.63) is 109 Å². The Morgan fingerprint density at radius 3 is 1.12 bits per heavy atom. The van der Waals surface area contributed by atoms with Crippen LogP contribution >= 0.6 is 0 Å². The standard InChI is InChI=1S/C26H18/c1-3-13-21-19(9-1)11-7-17-23(21)25-15-5-6-16-26(25)24-18-8-12-20-10-2-4-14-22(20)24/h1-18H. The van der Waals surface area contributed by atoms with Gasteiger partial charge in [0.2, 0.25) is 0 Å². The van der Waals surface area contributed by atoms with Crippen molar-refractivity contribution in [3.8, 4) is 22.3 Å². The van der Waals surface area contributed by atoms with Crippen molar-refractivity contribution in [2.45, 2.75) is 0 Å². The Balaban J connectivity index is 1.83. The molecule has 0 aliphatic carbocycles. The van der Waals surface area contributed by atoms with Gasteiger partial charge in [-0.25, -0.2) is 0 Å². The van der Waals surface area contributed by atoms with Gasteiger partial charge in [-0.1, -0.05) is 109 Å². The first kappa shape index (κ1) is 14.9. The third-order valence-electron chi connectivity index (χ3n) is 5.09. The van der Waals surface area contributed by atoms with Crippen molar-refractivity contribution < 1.29 is 0 Å². The van der Waals surface area contributed by atoms with E-state index in [2.05, 4.69) is 109 Å². The zero-order valence-electron chi connectivity index (χ0n) is 14.4. The van der Waals surface area contributed by atoms with Gasteiger partial charge in [-0.3, -0.25) is 0 Å². The van der Waals surface area contributed by atoms with E-state index in [1.165, 1.54) is 43.8 Å². The van der Waals surface area contributed by atoms with E-state index in [0.717, 1.165) is 0 Å². The Kier molecular flexibility index (Phi) is 3.54. The Morgan fingerprint density at radius 1 is 0.269 bits per heavy atom. The normalized spacial score (nSPS) is 11.1. The highest BCUT2D eigenvalue weighted by atomic mass is 14.1. The molecule has 5 rings (SSSR count). The summed E-state index contributed by atoms with van der Waals surface area (Å²) in [6, 6.07) is 39.1. The number of fused-ring (bicyclic) bond motifs is 2. The van der Waals surface area contributed by atoms with Crippen LogP contribution in [0.3, 0.4) is 0 Å². The Morgan fingerprint density at radius 2 is 0.615 bits per heavy atom. The van der Waals surface area contributed by atoms with Gasteiger partial charge in [0.05, 0.1) is 0 Å². The molecule has 0 aliphatic heterocycles. The van der Waals surface area contributed by atoms with Gasteiger partial charge < -0.3 is 0 Å². The van der Waals surface area contributed by atoms with Crippen LogP contribution in [0.25, 0.3) is 43.8 Å². The van der Waals surface area contributed by atoms with Crippen LogP contribution in [0, 0.1) is 0 Å². The third kappa shape index (κ3) is 2.39. The van der Waals surface area contributed by atoms with E-state index in [1.807, 2.05) is 0 Å². The van der Waals surface area contributed by atoms with Crippen LogP contribution in [0.15, 0.2) is 109 Å². The van der Waals surface area contributed by atoms with Gasteiger partial charge in [0, 0.05) is 0 Å². The number of benzene rings is 5. The maximum atomic E-state index is 2.24. The first-order valence-corrected chi connectivity index (χ1v) is 8.97. The molecule has 0 aliphatic rings. The summed E-state index contributed by atoms with van der Waals surface area (Å²) in [5.74, 6) is 0. The molecule has 0 fully saturated rings. The molecule has 122 valence electrons. The summed E-state index contributed by atoms with van der Waals surface area (Å²) in [5.41, 5.74) is 5.12. The van der Waals surface area contributed by atoms with E-state index >= 15 is 0 Å². The molecule has 0 radical (unpaired) electrons. The molecule has 26 heavy (non-hydrogen) atoms. The first-order valence-electron chi connectivity index (χ1n) is 8.97. The molecule has 0 aromatic heterocycles. The molecule has 0 heterocycles. The van der Waals surface area contributed by atoms with Crippen LogP contribution in [0.1, 0.15) is 0 Å². The lowest BCUT2D eigenvalue weighted by Crippen LogP contribution is -1.88. The monoisotopic (exact) mass is 330 g/mol. The predicted octanol–water partition coefficient (Wildman–Crippen LogP) is 7.33. The molecular formula is C26H18. The van der Waals surface area contributed by atoms with Crippen molar-refractivity contribution in [1.29, 1.82) is 0 Å². The minimum Gasteiger partial charge on any atom is -0.0616 e. The second-order valence-electron chi connectivity index (χ2n) is 6.60. The highest BCUT2D eigenvalue weighted by molar-refractivity contribution is 6.04. The maximum Gasteiger partial charge on any atom is -0.00990 e. The molecule has 0 nitrogen and oxygen atoms in total. The predicted molar refractivity (Wildman–Crippen MR) is 112 cm³/mol. The number of rotatable bonds is 2. The summed E-state index contributed by atoms with van der Waals surface area (Å²) in [6.45, 7) is 0. The highest BCUT2D eigenvalue weighted by Crippen LogP contribution is 2.38.